The molecule has 0 saturated carbocycles. The zero-order chi connectivity index (χ0) is 37.4. The molecule has 0 amide bonds. The summed E-state index contributed by atoms with van der Waals surface area (Å²) >= 11 is 0. The minimum atomic E-state index is -3.89. The van der Waals surface area contributed by atoms with Crippen LogP contribution in [-0.2, 0) is 19.1 Å². The summed E-state index contributed by atoms with van der Waals surface area (Å²) in [4.78, 5) is 29.7. The fourth-order valence-electron chi connectivity index (χ4n) is 4.99. The molecule has 0 fully saturated rings. The molecule has 1 aromatic heterocycles. The lowest BCUT2D eigenvalue weighted by Gasteiger charge is -2.33. The number of allylic oxidation sites excluding steroid dienone is 2. The number of unbranched alkanes of at least 4 members (excludes halogenated alkanes) is 11. The van der Waals surface area contributed by atoms with Crippen molar-refractivity contribution in [3.63, 3.8) is 0 Å². The van der Waals surface area contributed by atoms with E-state index in [1.165, 1.54) is 63.1 Å². The standard InChI is InChI=1S/C37H56N2O7S.C2H6O/c1-6-7-8-9-10-11-12-13-14-15-16-17-18-19-20-23-33(40)44-32-27-29(34(46-47(5,42)43)35(38)37(2,3)4)24-25-31(32)45-36(41)30-22-21-26-39-28-30;1-2-3/h13-14,21-22,24-28,34-35H,6-12,15-20,23,38H2,1-5H3;3H,2H2,1H3/b14-13+;. The van der Waals surface area contributed by atoms with Crippen LogP contribution >= 0.6 is 0 Å². The van der Waals surface area contributed by atoms with Gasteiger partial charge in [-0.2, -0.15) is 8.42 Å². The molecule has 2 atom stereocenters. The maximum atomic E-state index is 12.9. The third kappa shape index (κ3) is 19.9. The molecule has 11 heteroatoms. The highest BCUT2D eigenvalue weighted by molar-refractivity contribution is 7.86. The number of nitrogens with two attached hydrogens (primary N) is 1. The van der Waals surface area contributed by atoms with Crippen LogP contribution in [0.25, 0.3) is 0 Å². The fourth-order valence-corrected chi connectivity index (χ4v) is 5.59. The van der Waals surface area contributed by atoms with E-state index in [9.17, 15) is 18.0 Å². The van der Waals surface area contributed by atoms with E-state index in [4.69, 9.17) is 24.5 Å². The van der Waals surface area contributed by atoms with Gasteiger partial charge in [0.1, 0.15) is 6.10 Å². The topological polar surface area (TPSA) is 155 Å². The monoisotopic (exact) mass is 718 g/mol. The second-order valence-electron chi connectivity index (χ2n) is 13.6. The Morgan fingerprint density at radius 2 is 1.46 bits per heavy atom. The minimum Gasteiger partial charge on any atom is -0.423 e. The molecule has 0 saturated heterocycles. The molecular weight excluding hydrogens is 657 g/mol. The number of ether oxygens (including phenoxy) is 2. The van der Waals surface area contributed by atoms with Crippen molar-refractivity contribution in [2.45, 2.75) is 137 Å². The first kappa shape index (κ1) is 44.9. The number of nitrogens with zero attached hydrogens (tertiary/aromatic N) is 1. The largest absolute Gasteiger partial charge is 0.423 e. The number of hydrogen-bond donors (Lipinski definition) is 2. The highest BCUT2D eigenvalue weighted by atomic mass is 32.2. The quantitative estimate of drug-likeness (QED) is 0.0397. The van der Waals surface area contributed by atoms with Gasteiger partial charge in [-0.25, -0.2) is 4.79 Å². The first-order valence-corrected chi connectivity index (χ1v) is 19.9. The lowest BCUT2D eigenvalue weighted by atomic mass is 9.82. The molecule has 2 rings (SSSR count). The van der Waals surface area contributed by atoms with Crippen LogP contribution in [0, 0.1) is 5.41 Å². The molecule has 10 nitrogen and oxygen atoms in total. The Labute approximate surface area is 301 Å². The molecule has 0 aliphatic heterocycles. The maximum absolute atomic E-state index is 12.9. The summed E-state index contributed by atoms with van der Waals surface area (Å²) in [5, 5.41) is 7.57. The molecule has 0 spiro atoms. The molecule has 0 radical (unpaired) electrons. The molecule has 50 heavy (non-hydrogen) atoms. The van der Waals surface area contributed by atoms with Crippen molar-refractivity contribution in [1.29, 1.82) is 0 Å². The highest BCUT2D eigenvalue weighted by Gasteiger charge is 2.34. The van der Waals surface area contributed by atoms with Crippen molar-refractivity contribution >= 4 is 22.1 Å². The van der Waals surface area contributed by atoms with E-state index in [0.717, 1.165) is 44.8 Å². The lowest BCUT2D eigenvalue weighted by molar-refractivity contribution is -0.134. The zero-order valence-corrected chi connectivity index (χ0v) is 32.0. The van der Waals surface area contributed by atoms with E-state index in [-0.39, 0.29) is 30.1 Å². The summed E-state index contributed by atoms with van der Waals surface area (Å²) in [6.45, 7) is 9.78. The molecule has 0 bridgehead atoms. The number of rotatable bonds is 22. The number of aromatic nitrogens is 1. The number of carbonyl (C=O) groups excluding carboxylic acids is 2. The van der Waals surface area contributed by atoms with Crippen LogP contribution in [0.3, 0.4) is 0 Å². The predicted molar refractivity (Wildman–Crippen MR) is 200 cm³/mol. The predicted octanol–water partition coefficient (Wildman–Crippen LogP) is 8.63. The van der Waals surface area contributed by atoms with Gasteiger partial charge in [0.2, 0.25) is 0 Å². The Kier molecular flexibility index (Phi) is 22.4. The fraction of sp³-hybridized carbons (Fsp3) is 0.615. The zero-order valence-electron chi connectivity index (χ0n) is 31.2. The first-order valence-electron chi connectivity index (χ1n) is 18.1. The van der Waals surface area contributed by atoms with E-state index in [1.54, 1.807) is 25.1 Å². The van der Waals surface area contributed by atoms with Crippen LogP contribution in [-0.4, -0.2) is 49.4 Å². The van der Waals surface area contributed by atoms with Crippen molar-refractivity contribution < 1.29 is 36.8 Å². The van der Waals surface area contributed by atoms with Crippen molar-refractivity contribution in [2.24, 2.45) is 11.1 Å². The summed E-state index contributed by atoms with van der Waals surface area (Å²) < 4.78 is 41.0. The summed E-state index contributed by atoms with van der Waals surface area (Å²) in [5.74, 6) is -1.20. The van der Waals surface area contributed by atoms with Crippen LogP contribution in [0.4, 0.5) is 0 Å². The van der Waals surface area contributed by atoms with Gasteiger partial charge in [0, 0.05) is 31.5 Å². The van der Waals surface area contributed by atoms with Gasteiger partial charge in [0.05, 0.1) is 11.8 Å². The van der Waals surface area contributed by atoms with Crippen LogP contribution in [0.1, 0.15) is 147 Å². The average molecular weight is 719 g/mol. The van der Waals surface area contributed by atoms with Gasteiger partial charge in [-0.05, 0) is 74.3 Å². The number of hydrogen-bond acceptors (Lipinski definition) is 10. The molecule has 0 aliphatic carbocycles. The first-order chi connectivity index (χ1) is 23.7. The number of carbonyl (C=O) groups is 2. The van der Waals surface area contributed by atoms with Gasteiger partial charge in [0.15, 0.2) is 11.5 Å². The van der Waals surface area contributed by atoms with Crippen molar-refractivity contribution in [1.82, 2.24) is 4.98 Å². The third-order valence-electron chi connectivity index (χ3n) is 7.87. The highest BCUT2D eigenvalue weighted by Crippen LogP contribution is 2.37. The van der Waals surface area contributed by atoms with E-state index in [2.05, 4.69) is 24.1 Å². The summed E-state index contributed by atoms with van der Waals surface area (Å²) in [6.07, 6.45) is 22.5. The van der Waals surface area contributed by atoms with Gasteiger partial charge in [0.25, 0.3) is 10.1 Å². The van der Waals surface area contributed by atoms with Crippen molar-refractivity contribution in [3.8, 4) is 11.5 Å². The van der Waals surface area contributed by atoms with Gasteiger partial charge < -0.3 is 20.3 Å². The van der Waals surface area contributed by atoms with Gasteiger partial charge in [-0.15, -0.1) is 0 Å². The molecule has 1 aromatic carbocycles. The lowest BCUT2D eigenvalue weighted by Crippen LogP contribution is -2.42. The molecule has 0 aliphatic rings. The Bertz CT molecular complexity index is 1370. The SMILES string of the molecule is CCCCCCCC/C=C/CCCCCCCC(=O)Oc1cc(C(OS(C)(=O)=O)C(N)C(C)(C)C)ccc1OC(=O)c1cccnc1.CCO. The van der Waals surface area contributed by atoms with Crippen LogP contribution in [0.5, 0.6) is 11.5 Å². The van der Waals surface area contributed by atoms with Crippen molar-refractivity contribution in [2.75, 3.05) is 12.9 Å². The molecule has 1 heterocycles. The van der Waals surface area contributed by atoms with Crippen LogP contribution < -0.4 is 15.2 Å². The van der Waals surface area contributed by atoms with Crippen molar-refractivity contribution in [3.05, 3.63) is 66.0 Å². The minimum absolute atomic E-state index is 0.00272. The van der Waals surface area contributed by atoms with E-state index < -0.39 is 39.6 Å². The third-order valence-corrected chi connectivity index (χ3v) is 8.42. The molecule has 2 aromatic rings. The Balaban J connectivity index is 0.00000401. The van der Waals surface area contributed by atoms with Crippen LogP contribution in [0.15, 0.2) is 54.9 Å². The average Bonchev–Trinajstić information content (AvgIpc) is 3.06. The second-order valence-corrected chi connectivity index (χ2v) is 15.2. The second kappa shape index (κ2) is 24.9. The summed E-state index contributed by atoms with van der Waals surface area (Å²) in [7, 11) is -3.89. The number of pyridine rings is 1. The number of aliphatic hydroxyl groups is 1. The summed E-state index contributed by atoms with van der Waals surface area (Å²) in [5.41, 5.74) is 6.51. The van der Waals surface area contributed by atoms with E-state index in [1.807, 2.05) is 20.8 Å². The Morgan fingerprint density at radius 1 is 0.880 bits per heavy atom. The van der Waals surface area contributed by atoms with Gasteiger partial charge in [-0.1, -0.05) is 97.3 Å². The van der Waals surface area contributed by atoms with E-state index >= 15 is 0 Å². The number of esters is 2. The normalized spacial score (nSPS) is 13.0. The molecular formula is C39H62N2O8S. The molecule has 2 unspecified atom stereocenters. The smallest absolute Gasteiger partial charge is 0.345 e. The Hall–Kier alpha value is -3.12. The van der Waals surface area contributed by atoms with Crippen LogP contribution in [0.2, 0.25) is 0 Å². The maximum Gasteiger partial charge on any atom is 0.345 e. The summed E-state index contributed by atoms with van der Waals surface area (Å²) in [6, 6.07) is 6.87. The molecule has 3 N–H and O–H groups in total. The van der Waals surface area contributed by atoms with E-state index in [0.29, 0.717) is 12.0 Å². The number of benzene rings is 1. The van der Waals surface area contributed by atoms with Gasteiger partial charge in [-0.3, -0.25) is 14.0 Å². The Morgan fingerprint density at radius 3 is 2.00 bits per heavy atom. The molecule has 282 valence electrons. The number of aliphatic hydroxyl groups excluding tert-OH is 1. The van der Waals surface area contributed by atoms with Gasteiger partial charge >= 0.3 is 11.9 Å².